The molecule has 2 N–H and O–H groups in total. The molecule has 0 aliphatic heterocycles. The molecule has 0 saturated carbocycles. The van der Waals surface area contributed by atoms with Crippen LogP contribution in [-0.4, -0.2) is 47.0 Å². The molecule has 0 aromatic rings. The van der Waals surface area contributed by atoms with Crippen LogP contribution in [0.4, 0.5) is 0 Å². The summed E-state index contributed by atoms with van der Waals surface area (Å²) in [6, 6.07) is 0. The Kier molecular flexibility index (Phi) is 36.5. The Balaban J connectivity index is -0.000000165. The van der Waals surface area contributed by atoms with E-state index in [9.17, 15) is 0 Å². The van der Waals surface area contributed by atoms with Crippen molar-refractivity contribution >= 4 is 39.2 Å². The summed E-state index contributed by atoms with van der Waals surface area (Å²) in [5.74, 6) is 0. The number of rotatable bonds is 9. The quantitative estimate of drug-likeness (QED) is 0.477. The molecule has 114 valence electrons. The molecule has 0 aliphatic carbocycles. The summed E-state index contributed by atoms with van der Waals surface area (Å²) in [5, 5.41) is 0. The van der Waals surface area contributed by atoms with Crippen molar-refractivity contribution in [2.45, 2.75) is 59.3 Å². The van der Waals surface area contributed by atoms with E-state index in [-0.39, 0.29) is 28.5 Å². The SMILES string of the molecule is CCCCP(CCCC)CCCC.O.O=[PH]([O-])[O-].[Mg+2]. The molecule has 0 aliphatic rings. The molecule has 0 unspecified atom stereocenters. The van der Waals surface area contributed by atoms with Crippen LogP contribution in [0.25, 0.3) is 0 Å². The zero-order chi connectivity index (χ0) is 13.5. The second-order valence-corrected chi connectivity index (χ2v) is 7.34. The molecule has 0 rings (SSSR count). The van der Waals surface area contributed by atoms with Gasteiger partial charge in [-0.2, -0.15) is 0 Å². The minimum atomic E-state index is -3.63. The van der Waals surface area contributed by atoms with Gasteiger partial charge in [-0.25, -0.2) is 0 Å². The van der Waals surface area contributed by atoms with Crippen LogP contribution in [0.5, 0.6) is 0 Å². The van der Waals surface area contributed by atoms with Crippen molar-refractivity contribution in [3.05, 3.63) is 0 Å². The van der Waals surface area contributed by atoms with E-state index >= 15 is 0 Å². The van der Waals surface area contributed by atoms with Gasteiger partial charge >= 0.3 is 23.1 Å². The van der Waals surface area contributed by atoms with Gasteiger partial charge in [-0.1, -0.05) is 48.3 Å². The van der Waals surface area contributed by atoms with Crippen LogP contribution in [-0.2, 0) is 4.57 Å². The van der Waals surface area contributed by atoms with Gasteiger partial charge in [0.2, 0.25) is 0 Å². The Morgan fingerprint density at radius 2 is 1.05 bits per heavy atom. The van der Waals surface area contributed by atoms with Crippen molar-refractivity contribution in [2.75, 3.05) is 18.5 Å². The smallest absolute Gasteiger partial charge is 0.813 e. The zero-order valence-corrected chi connectivity index (χ0v) is 16.1. The first-order valence-corrected chi connectivity index (χ1v) is 9.80. The van der Waals surface area contributed by atoms with E-state index in [1.165, 1.54) is 38.5 Å². The summed E-state index contributed by atoms with van der Waals surface area (Å²) in [6.45, 7) is 6.94. The van der Waals surface area contributed by atoms with Gasteiger partial charge in [-0.05, 0) is 37.7 Å². The summed E-state index contributed by atoms with van der Waals surface area (Å²) < 4.78 is 8.52. The van der Waals surface area contributed by atoms with Crippen LogP contribution in [0.3, 0.4) is 0 Å². The molecule has 19 heavy (non-hydrogen) atoms. The second-order valence-electron chi connectivity index (χ2n) is 4.15. The molecule has 0 radical (unpaired) electrons. The predicted molar refractivity (Wildman–Crippen MR) is 84.6 cm³/mol. The van der Waals surface area contributed by atoms with Crippen LogP contribution in [0.2, 0.25) is 0 Å². The topological polar surface area (TPSA) is 94.7 Å². The molecule has 0 fully saturated rings. The first-order valence-electron chi connectivity index (χ1n) is 6.68. The number of hydrogen-bond donors (Lipinski definition) is 0. The van der Waals surface area contributed by atoms with Crippen LogP contribution < -0.4 is 9.79 Å². The maximum atomic E-state index is 8.52. The molecule has 0 amide bonds. The van der Waals surface area contributed by atoms with Gasteiger partial charge in [-0.15, -0.1) is 7.92 Å². The molecule has 0 saturated heterocycles. The van der Waals surface area contributed by atoms with Crippen molar-refractivity contribution in [3.8, 4) is 0 Å². The fourth-order valence-electron chi connectivity index (χ4n) is 1.48. The summed E-state index contributed by atoms with van der Waals surface area (Å²) in [4.78, 5) is 17.0. The third-order valence-corrected chi connectivity index (χ3v) is 5.33. The third kappa shape index (κ3) is 32.7. The molecular formula is C12H30MgO4P2. The van der Waals surface area contributed by atoms with Gasteiger partial charge in [0.1, 0.15) is 0 Å². The van der Waals surface area contributed by atoms with Crippen LogP contribution in [0.15, 0.2) is 0 Å². The van der Waals surface area contributed by atoms with E-state index in [1.807, 2.05) is 0 Å². The Morgan fingerprint density at radius 1 is 0.842 bits per heavy atom. The standard InChI is InChI=1S/C12H27P.Mg.H3O3P.H2O/c1-4-7-10-13(11-8-5-2)12-9-6-3;;1-4(2)3;/h4-12H2,1-3H3;;4H,(H2,1,2,3);1H2/q;+2;;/p-2. The largest absolute Gasteiger partial charge is 2.00 e. The molecule has 0 aromatic carbocycles. The molecule has 7 heteroatoms. The number of hydrogen-bond acceptors (Lipinski definition) is 3. The van der Waals surface area contributed by atoms with Crippen molar-refractivity contribution in [2.24, 2.45) is 0 Å². The van der Waals surface area contributed by atoms with Gasteiger partial charge in [0.05, 0.1) is 0 Å². The maximum absolute atomic E-state index is 8.52. The molecule has 0 atom stereocenters. The number of unbranched alkanes of at least 4 members (excludes halogenated alkanes) is 3. The minimum absolute atomic E-state index is 0. The van der Waals surface area contributed by atoms with E-state index in [4.69, 9.17) is 14.4 Å². The Bertz CT molecular complexity index is 151. The van der Waals surface area contributed by atoms with Crippen LogP contribution in [0.1, 0.15) is 59.3 Å². The fraction of sp³-hybridized carbons (Fsp3) is 1.00. The third-order valence-electron chi connectivity index (χ3n) is 2.48. The van der Waals surface area contributed by atoms with Gasteiger partial charge in [-0.3, -0.25) is 0 Å². The van der Waals surface area contributed by atoms with Gasteiger partial charge < -0.3 is 19.8 Å². The summed E-state index contributed by atoms with van der Waals surface area (Å²) >= 11 is 0. The Labute approximate surface area is 136 Å². The van der Waals surface area contributed by atoms with E-state index in [2.05, 4.69) is 20.8 Å². The summed E-state index contributed by atoms with van der Waals surface area (Å²) in [6.07, 6.45) is 13.2. The molecule has 0 spiro atoms. The Hall–Kier alpha value is 1.31. The van der Waals surface area contributed by atoms with Crippen molar-refractivity contribution in [1.82, 2.24) is 0 Å². The summed E-state index contributed by atoms with van der Waals surface area (Å²) in [5.41, 5.74) is 0. The average Bonchev–Trinajstić information content (AvgIpc) is 2.27. The zero-order valence-electron chi connectivity index (χ0n) is 12.7. The van der Waals surface area contributed by atoms with E-state index in [0.29, 0.717) is 7.92 Å². The molecular weight excluding hydrogens is 294 g/mol. The molecule has 4 nitrogen and oxygen atoms in total. The fourth-order valence-corrected chi connectivity index (χ4v) is 4.44. The summed E-state index contributed by atoms with van der Waals surface area (Å²) in [7, 11) is -3.21. The van der Waals surface area contributed by atoms with E-state index in [1.54, 1.807) is 18.5 Å². The van der Waals surface area contributed by atoms with Crippen molar-refractivity contribution < 1.29 is 19.8 Å². The normalized spacial score (nSPS) is 9.42. The van der Waals surface area contributed by atoms with Crippen LogP contribution >= 0.6 is 16.2 Å². The van der Waals surface area contributed by atoms with Crippen LogP contribution in [0, 0.1) is 0 Å². The van der Waals surface area contributed by atoms with Gasteiger partial charge in [0.15, 0.2) is 0 Å². The first kappa shape index (κ1) is 28.5. The Morgan fingerprint density at radius 3 is 1.21 bits per heavy atom. The molecule has 0 bridgehead atoms. The van der Waals surface area contributed by atoms with Crippen molar-refractivity contribution in [3.63, 3.8) is 0 Å². The maximum Gasteiger partial charge on any atom is 2.00 e. The molecule has 0 aromatic heterocycles. The van der Waals surface area contributed by atoms with Gasteiger partial charge in [0.25, 0.3) is 0 Å². The van der Waals surface area contributed by atoms with Crippen molar-refractivity contribution in [1.29, 1.82) is 0 Å². The van der Waals surface area contributed by atoms with E-state index < -0.39 is 8.25 Å². The average molecular weight is 325 g/mol. The van der Waals surface area contributed by atoms with E-state index in [0.717, 1.165) is 0 Å². The monoisotopic (exact) mass is 324 g/mol. The second kappa shape index (κ2) is 24.3. The molecule has 0 heterocycles. The minimum Gasteiger partial charge on any atom is -0.813 e. The van der Waals surface area contributed by atoms with Gasteiger partial charge in [0, 0.05) is 0 Å². The first-order chi connectivity index (χ1) is 8.08. The predicted octanol–water partition coefficient (Wildman–Crippen LogP) is 1.76.